The van der Waals surface area contributed by atoms with Crippen molar-refractivity contribution in [2.75, 3.05) is 78.1 Å². The van der Waals surface area contributed by atoms with Crippen LogP contribution in [-0.2, 0) is 4.74 Å². The number of halogens is 1. The minimum absolute atomic E-state index is 0. The van der Waals surface area contributed by atoms with Crippen LogP contribution in [0.15, 0.2) is 29.3 Å². The van der Waals surface area contributed by atoms with Crippen LogP contribution in [0.4, 0.5) is 5.69 Å². The first-order valence-electron chi connectivity index (χ1n) is 11.4. The third-order valence-corrected chi connectivity index (χ3v) is 5.79. The number of anilines is 1. The molecule has 1 saturated carbocycles. The number of ether oxygens (including phenoxy) is 2. The van der Waals surface area contributed by atoms with Crippen LogP contribution in [0.25, 0.3) is 0 Å². The molecule has 2 fully saturated rings. The van der Waals surface area contributed by atoms with Gasteiger partial charge in [0.15, 0.2) is 5.96 Å². The number of hydrogen-bond donors (Lipinski definition) is 2. The Morgan fingerprint density at radius 2 is 1.71 bits per heavy atom. The van der Waals surface area contributed by atoms with E-state index < -0.39 is 0 Å². The molecule has 0 aromatic heterocycles. The van der Waals surface area contributed by atoms with E-state index in [1.54, 1.807) is 7.11 Å². The summed E-state index contributed by atoms with van der Waals surface area (Å²) in [7, 11) is 3.54. The highest BCUT2D eigenvalue weighted by Crippen LogP contribution is 2.28. The van der Waals surface area contributed by atoms with Crippen LogP contribution in [-0.4, -0.2) is 84.0 Å². The quantitative estimate of drug-likeness (QED) is 0.182. The van der Waals surface area contributed by atoms with Gasteiger partial charge in [-0.05, 0) is 62.4 Å². The van der Waals surface area contributed by atoms with Crippen LogP contribution in [0, 0.1) is 5.92 Å². The summed E-state index contributed by atoms with van der Waals surface area (Å²) >= 11 is 0. The molecule has 0 atom stereocenters. The van der Waals surface area contributed by atoms with Gasteiger partial charge in [0, 0.05) is 65.2 Å². The van der Waals surface area contributed by atoms with Crippen LogP contribution in [0.3, 0.4) is 0 Å². The zero-order valence-corrected chi connectivity index (χ0v) is 21.5. The standard InChI is InChI=1S/C23H39N5O2.HI/c1-24-23(26-12-4-18-30-19-20-5-6-20)25-11-3-13-27-14-16-28(17-15-27)21-7-9-22(29-2)10-8-21;/h7-10,20H,3-6,11-19H2,1-2H3,(H2,24,25,26);1H. The molecular weight excluding hydrogens is 505 g/mol. The van der Waals surface area contributed by atoms with E-state index in [-0.39, 0.29) is 24.0 Å². The predicted octanol–water partition coefficient (Wildman–Crippen LogP) is 2.81. The average Bonchev–Trinajstić information content (AvgIpc) is 3.62. The number of benzene rings is 1. The van der Waals surface area contributed by atoms with Gasteiger partial charge in [-0.1, -0.05) is 0 Å². The number of piperazine rings is 1. The minimum atomic E-state index is 0. The van der Waals surface area contributed by atoms with E-state index in [2.05, 4.69) is 37.6 Å². The monoisotopic (exact) mass is 545 g/mol. The molecule has 0 amide bonds. The molecule has 31 heavy (non-hydrogen) atoms. The highest BCUT2D eigenvalue weighted by atomic mass is 127. The first-order valence-corrected chi connectivity index (χ1v) is 11.4. The van der Waals surface area contributed by atoms with E-state index in [0.717, 1.165) is 89.5 Å². The molecule has 2 aliphatic rings. The van der Waals surface area contributed by atoms with E-state index in [1.807, 2.05) is 19.2 Å². The number of hydrogen-bond acceptors (Lipinski definition) is 5. The third-order valence-electron chi connectivity index (χ3n) is 5.79. The number of methoxy groups -OCH3 is 1. The number of nitrogens with zero attached hydrogens (tertiary/aromatic N) is 3. The summed E-state index contributed by atoms with van der Waals surface area (Å²) in [5, 5.41) is 6.80. The fourth-order valence-electron chi connectivity index (χ4n) is 3.67. The van der Waals surface area contributed by atoms with Crippen molar-refractivity contribution < 1.29 is 9.47 Å². The largest absolute Gasteiger partial charge is 0.497 e. The molecule has 1 aliphatic carbocycles. The Bertz CT molecular complexity index is 631. The molecule has 8 heteroatoms. The Hall–Kier alpha value is -1.26. The van der Waals surface area contributed by atoms with Crippen molar-refractivity contribution in [3.8, 4) is 5.75 Å². The van der Waals surface area contributed by atoms with Gasteiger partial charge in [-0.15, -0.1) is 24.0 Å². The van der Waals surface area contributed by atoms with Gasteiger partial charge in [0.2, 0.25) is 0 Å². The van der Waals surface area contributed by atoms with Crippen LogP contribution in [0.2, 0.25) is 0 Å². The third kappa shape index (κ3) is 9.82. The van der Waals surface area contributed by atoms with Gasteiger partial charge in [-0.3, -0.25) is 9.89 Å². The highest BCUT2D eigenvalue weighted by Gasteiger charge is 2.20. The summed E-state index contributed by atoms with van der Waals surface area (Å²) in [5.74, 6) is 2.65. The highest BCUT2D eigenvalue weighted by molar-refractivity contribution is 14.0. The predicted molar refractivity (Wildman–Crippen MR) is 139 cm³/mol. The molecule has 1 aromatic rings. The van der Waals surface area contributed by atoms with E-state index in [0.29, 0.717) is 0 Å². The molecule has 0 bridgehead atoms. The van der Waals surface area contributed by atoms with Gasteiger partial charge in [0.05, 0.1) is 7.11 Å². The zero-order valence-electron chi connectivity index (χ0n) is 19.1. The van der Waals surface area contributed by atoms with Gasteiger partial charge in [-0.25, -0.2) is 0 Å². The minimum Gasteiger partial charge on any atom is -0.497 e. The van der Waals surface area contributed by atoms with Crippen molar-refractivity contribution in [3.05, 3.63) is 24.3 Å². The number of guanidine groups is 1. The molecule has 3 rings (SSSR count). The Balaban J connectivity index is 0.00000341. The molecule has 176 valence electrons. The summed E-state index contributed by atoms with van der Waals surface area (Å²) in [6.45, 7) is 9.12. The summed E-state index contributed by atoms with van der Waals surface area (Å²) in [6.07, 6.45) is 4.85. The Morgan fingerprint density at radius 1 is 1.03 bits per heavy atom. The summed E-state index contributed by atoms with van der Waals surface area (Å²) in [5.41, 5.74) is 1.28. The van der Waals surface area contributed by atoms with E-state index in [4.69, 9.17) is 9.47 Å². The van der Waals surface area contributed by atoms with Crippen molar-refractivity contribution in [1.82, 2.24) is 15.5 Å². The normalized spacial score (nSPS) is 17.2. The van der Waals surface area contributed by atoms with Gasteiger partial charge in [0.25, 0.3) is 0 Å². The van der Waals surface area contributed by atoms with Gasteiger partial charge in [0.1, 0.15) is 5.75 Å². The second-order valence-corrected chi connectivity index (χ2v) is 8.18. The van der Waals surface area contributed by atoms with Gasteiger partial charge >= 0.3 is 0 Å². The van der Waals surface area contributed by atoms with Crippen LogP contribution in [0.1, 0.15) is 25.7 Å². The van der Waals surface area contributed by atoms with Crippen molar-refractivity contribution in [3.63, 3.8) is 0 Å². The van der Waals surface area contributed by atoms with Gasteiger partial charge < -0.3 is 25.0 Å². The molecule has 1 saturated heterocycles. The van der Waals surface area contributed by atoms with E-state index in [1.165, 1.54) is 18.5 Å². The Morgan fingerprint density at radius 3 is 2.32 bits per heavy atom. The van der Waals surface area contributed by atoms with Crippen molar-refractivity contribution in [2.45, 2.75) is 25.7 Å². The first kappa shape index (κ1) is 26.0. The topological polar surface area (TPSA) is 61.4 Å². The summed E-state index contributed by atoms with van der Waals surface area (Å²) < 4.78 is 10.9. The summed E-state index contributed by atoms with van der Waals surface area (Å²) in [4.78, 5) is 9.31. The second kappa shape index (κ2) is 14.7. The molecule has 0 radical (unpaired) electrons. The summed E-state index contributed by atoms with van der Waals surface area (Å²) in [6, 6.07) is 8.37. The maximum atomic E-state index is 5.67. The first-order chi connectivity index (χ1) is 14.8. The SMILES string of the molecule is CN=C(NCCCOCC1CC1)NCCCN1CCN(c2ccc(OC)cc2)CC1.I. The fourth-order valence-corrected chi connectivity index (χ4v) is 3.67. The molecule has 1 heterocycles. The fraction of sp³-hybridized carbons (Fsp3) is 0.696. The number of nitrogens with one attached hydrogen (secondary N) is 2. The Labute approximate surface area is 205 Å². The lowest BCUT2D eigenvalue weighted by atomic mass is 10.2. The zero-order chi connectivity index (χ0) is 21.0. The van der Waals surface area contributed by atoms with E-state index in [9.17, 15) is 0 Å². The lowest BCUT2D eigenvalue weighted by molar-refractivity contribution is 0.123. The molecule has 2 N–H and O–H groups in total. The van der Waals surface area contributed by atoms with Crippen molar-refractivity contribution in [1.29, 1.82) is 0 Å². The van der Waals surface area contributed by atoms with Crippen LogP contribution < -0.4 is 20.3 Å². The van der Waals surface area contributed by atoms with E-state index >= 15 is 0 Å². The maximum absolute atomic E-state index is 5.67. The van der Waals surface area contributed by atoms with Crippen molar-refractivity contribution >= 4 is 35.6 Å². The smallest absolute Gasteiger partial charge is 0.190 e. The molecule has 1 aromatic carbocycles. The lowest BCUT2D eigenvalue weighted by Gasteiger charge is -2.36. The van der Waals surface area contributed by atoms with Crippen LogP contribution >= 0.6 is 24.0 Å². The molecule has 7 nitrogen and oxygen atoms in total. The Kier molecular flexibility index (Phi) is 12.4. The molecule has 0 spiro atoms. The second-order valence-electron chi connectivity index (χ2n) is 8.18. The molecule has 1 aliphatic heterocycles. The van der Waals surface area contributed by atoms with Crippen LogP contribution in [0.5, 0.6) is 5.75 Å². The average molecular weight is 546 g/mol. The van der Waals surface area contributed by atoms with Gasteiger partial charge in [-0.2, -0.15) is 0 Å². The number of rotatable bonds is 12. The molecule has 0 unspecified atom stereocenters. The molecular formula is C23H40IN5O2. The number of aliphatic imine (C=N–C) groups is 1. The lowest BCUT2D eigenvalue weighted by Crippen LogP contribution is -2.47. The maximum Gasteiger partial charge on any atom is 0.190 e. The van der Waals surface area contributed by atoms with Crippen molar-refractivity contribution in [2.24, 2.45) is 10.9 Å².